The second-order valence-corrected chi connectivity index (χ2v) is 4.02. The van der Waals surface area contributed by atoms with E-state index in [1.54, 1.807) is 11.3 Å². The molecule has 1 atom stereocenters. The molecule has 1 rings (SSSR count). The molecule has 1 aromatic heterocycles. The van der Waals surface area contributed by atoms with Gasteiger partial charge in [0.15, 0.2) is 0 Å². The molecule has 2 nitrogen and oxygen atoms in total. The van der Waals surface area contributed by atoms with Crippen molar-refractivity contribution >= 4 is 11.3 Å². The van der Waals surface area contributed by atoms with Crippen LogP contribution in [0.1, 0.15) is 21.4 Å². The first-order valence-corrected chi connectivity index (χ1v) is 4.49. The highest BCUT2D eigenvalue weighted by Gasteiger charge is 2.07. The van der Waals surface area contributed by atoms with Crippen molar-refractivity contribution in [1.82, 2.24) is 0 Å². The molecule has 0 fully saturated rings. The number of hydrogen-bond donors (Lipinski definition) is 2. The Morgan fingerprint density at radius 1 is 1.55 bits per heavy atom. The lowest BCUT2D eigenvalue weighted by Gasteiger charge is -2.03. The molecule has 0 amide bonds. The van der Waals surface area contributed by atoms with Gasteiger partial charge in [-0.3, -0.25) is 0 Å². The molecule has 0 aliphatic heterocycles. The van der Waals surface area contributed by atoms with Crippen LogP contribution in [0.25, 0.3) is 0 Å². The Morgan fingerprint density at radius 2 is 2.18 bits per heavy atom. The molecule has 0 radical (unpaired) electrons. The van der Waals surface area contributed by atoms with Crippen molar-refractivity contribution < 1.29 is 0 Å². The zero-order valence-corrected chi connectivity index (χ0v) is 7.74. The summed E-state index contributed by atoms with van der Waals surface area (Å²) in [4.78, 5) is 2.53. The first kappa shape index (κ1) is 8.71. The predicted octanol–water partition coefficient (Wildman–Crippen LogP) is 1.32. The van der Waals surface area contributed by atoms with E-state index in [0.29, 0.717) is 6.54 Å². The molecule has 4 N–H and O–H groups in total. The highest BCUT2D eigenvalue weighted by molar-refractivity contribution is 7.12. The summed E-state index contributed by atoms with van der Waals surface area (Å²) in [5.74, 6) is 0. The third-order valence-electron chi connectivity index (χ3n) is 1.80. The fourth-order valence-corrected chi connectivity index (χ4v) is 1.96. The van der Waals surface area contributed by atoms with Crippen LogP contribution in [0.5, 0.6) is 0 Å². The van der Waals surface area contributed by atoms with Crippen molar-refractivity contribution in [3.8, 4) is 0 Å². The fraction of sp³-hybridized carbons (Fsp3) is 0.500. The summed E-state index contributed by atoms with van der Waals surface area (Å²) < 4.78 is 0. The Balaban J connectivity index is 2.88. The molecule has 0 saturated carbocycles. The van der Waals surface area contributed by atoms with Gasteiger partial charge in [-0.15, -0.1) is 11.3 Å². The van der Waals surface area contributed by atoms with Crippen LogP contribution in [-0.2, 0) is 0 Å². The molecule has 3 heteroatoms. The molecular formula is C8H14N2S. The minimum Gasteiger partial charge on any atom is -0.329 e. The zero-order valence-electron chi connectivity index (χ0n) is 6.92. The first-order chi connectivity index (χ1) is 5.15. The Kier molecular flexibility index (Phi) is 2.65. The van der Waals surface area contributed by atoms with Gasteiger partial charge in [-0.1, -0.05) is 0 Å². The SMILES string of the molecule is Cc1cc(C(N)CN)sc1C. The molecule has 1 aromatic rings. The van der Waals surface area contributed by atoms with Crippen LogP contribution in [0, 0.1) is 13.8 Å². The van der Waals surface area contributed by atoms with Crippen molar-refractivity contribution in [2.45, 2.75) is 19.9 Å². The van der Waals surface area contributed by atoms with E-state index in [1.807, 2.05) is 0 Å². The highest BCUT2D eigenvalue weighted by Crippen LogP contribution is 2.24. The van der Waals surface area contributed by atoms with Crippen LogP contribution in [0.15, 0.2) is 6.07 Å². The second-order valence-electron chi connectivity index (χ2n) is 2.73. The van der Waals surface area contributed by atoms with Gasteiger partial charge in [-0.2, -0.15) is 0 Å². The topological polar surface area (TPSA) is 52.0 Å². The van der Waals surface area contributed by atoms with Crippen molar-refractivity contribution in [3.05, 3.63) is 21.4 Å². The van der Waals surface area contributed by atoms with E-state index >= 15 is 0 Å². The van der Waals surface area contributed by atoms with Crippen molar-refractivity contribution in [3.63, 3.8) is 0 Å². The van der Waals surface area contributed by atoms with E-state index in [0.717, 1.165) is 0 Å². The summed E-state index contributed by atoms with van der Waals surface area (Å²) in [5, 5.41) is 0. The van der Waals surface area contributed by atoms with Crippen molar-refractivity contribution in [2.24, 2.45) is 11.5 Å². The quantitative estimate of drug-likeness (QED) is 0.703. The van der Waals surface area contributed by atoms with Crippen molar-refractivity contribution in [2.75, 3.05) is 6.54 Å². The van der Waals surface area contributed by atoms with Gasteiger partial charge in [0.05, 0.1) is 6.04 Å². The lowest BCUT2D eigenvalue weighted by Crippen LogP contribution is -2.19. The van der Waals surface area contributed by atoms with E-state index in [9.17, 15) is 0 Å². The summed E-state index contributed by atoms with van der Waals surface area (Å²) >= 11 is 1.74. The minimum atomic E-state index is 0.0207. The average molecular weight is 170 g/mol. The standard InChI is InChI=1S/C8H14N2S/c1-5-3-8(7(10)4-9)11-6(5)2/h3,7H,4,9-10H2,1-2H3. The highest BCUT2D eigenvalue weighted by atomic mass is 32.1. The minimum absolute atomic E-state index is 0.0207. The Bertz CT molecular complexity index is 223. The zero-order chi connectivity index (χ0) is 8.43. The van der Waals surface area contributed by atoms with Crippen LogP contribution in [-0.4, -0.2) is 6.54 Å². The van der Waals surface area contributed by atoms with Gasteiger partial charge in [0.2, 0.25) is 0 Å². The van der Waals surface area contributed by atoms with Crippen LogP contribution in [0.4, 0.5) is 0 Å². The Hall–Kier alpha value is -0.380. The summed E-state index contributed by atoms with van der Waals surface area (Å²) in [6, 6.07) is 2.14. The molecule has 0 bridgehead atoms. The molecule has 0 spiro atoms. The van der Waals surface area contributed by atoms with Gasteiger partial charge >= 0.3 is 0 Å². The number of aryl methyl sites for hydroxylation is 2. The van der Waals surface area contributed by atoms with Crippen LogP contribution in [0.2, 0.25) is 0 Å². The predicted molar refractivity (Wildman–Crippen MR) is 49.8 cm³/mol. The maximum Gasteiger partial charge on any atom is 0.0514 e. The third kappa shape index (κ3) is 1.80. The van der Waals surface area contributed by atoms with Gasteiger partial charge in [0.25, 0.3) is 0 Å². The van der Waals surface area contributed by atoms with E-state index < -0.39 is 0 Å². The number of rotatable bonds is 2. The first-order valence-electron chi connectivity index (χ1n) is 3.67. The van der Waals surface area contributed by atoms with Gasteiger partial charge in [0, 0.05) is 16.3 Å². The molecule has 1 unspecified atom stereocenters. The maximum absolute atomic E-state index is 5.76. The normalized spacial score (nSPS) is 13.5. The molecular weight excluding hydrogens is 156 g/mol. The van der Waals surface area contributed by atoms with Gasteiger partial charge in [-0.05, 0) is 25.5 Å². The average Bonchev–Trinajstić information content (AvgIpc) is 2.31. The van der Waals surface area contributed by atoms with Crippen LogP contribution >= 0.6 is 11.3 Å². The molecule has 0 aromatic carbocycles. The van der Waals surface area contributed by atoms with Gasteiger partial charge < -0.3 is 11.5 Å². The molecule has 0 aliphatic carbocycles. The molecule has 1 heterocycles. The summed E-state index contributed by atoms with van der Waals surface area (Å²) in [5.41, 5.74) is 12.5. The Morgan fingerprint density at radius 3 is 2.55 bits per heavy atom. The number of nitrogens with two attached hydrogens (primary N) is 2. The summed E-state index contributed by atoms with van der Waals surface area (Å²) in [7, 11) is 0. The third-order valence-corrected chi connectivity index (χ3v) is 3.09. The Labute approximate surface area is 71.2 Å². The smallest absolute Gasteiger partial charge is 0.0514 e. The van der Waals surface area contributed by atoms with E-state index in [2.05, 4.69) is 19.9 Å². The summed E-state index contributed by atoms with van der Waals surface area (Å²) in [6.45, 7) is 4.73. The van der Waals surface area contributed by atoms with Gasteiger partial charge in [0.1, 0.15) is 0 Å². The van der Waals surface area contributed by atoms with E-state index in [1.165, 1.54) is 15.3 Å². The lowest BCUT2D eigenvalue weighted by molar-refractivity contribution is 0.751. The van der Waals surface area contributed by atoms with E-state index in [-0.39, 0.29) is 6.04 Å². The number of hydrogen-bond acceptors (Lipinski definition) is 3. The monoisotopic (exact) mass is 170 g/mol. The van der Waals surface area contributed by atoms with Crippen LogP contribution < -0.4 is 11.5 Å². The fourth-order valence-electron chi connectivity index (χ4n) is 0.901. The maximum atomic E-state index is 5.76. The molecule has 0 aliphatic rings. The van der Waals surface area contributed by atoms with E-state index in [4.69, 9.17) is 11.5 Å². The number of thiophene rings is 1. The van der Waals surface area contributed by atoms with Crippen LogP contribution in [0.3, 0.4) is 0 Å². The molecule has 0 saturated heterocycles. The van der Waals surface area contributed by atoms with Gasteiger partial charge in [-0.25, -0.2) is 0 Å². The van der Waals surface area contributed by atoms with Crippen molar-refractivity contribution in [1.29, 1.82) is 0 Å². The largest absolute Gasteiger partial charge is 0.329 e. The molecule has 62 valence electrons. The second kappa shape index (κ2) is 3.34. The lowest BCUT2D eigenvalue weighted by atomic mass is 10.2. The summed E-state index contributed by atoms with van der Waals surface area (Å²) in [6.07, 6.45) is 0. The molecule has 11 heavy (non-hydrogen) atoms.